The van der Waals surface area contributed by atoms with E-state index in [2.05, 4.69) is 4.98 Å². The van der Waals surface area contributed by atoms with Crippen molar-refractivity contribution in [3.8, 4) is 11.3 Å². The summed E-state index contributed by atoms with van der Waals surface area (Å²) >= 11 is 5.82. The fraction of sp³-hybridized carbons (Fsp3) is 0.286. The Bertz CT molecular complexity index is 580. The highest BCUT2D eigenvalue weighted by atomic mass is 35.5. The maximum absolute atomic E-state index is 11.4. The van der Waals surface area contributed by atoms with Crippen molar-refractivity contribution >= 4 is 17.6 Å². The summed E-state index contributed by atoms with van der Waals surface area (Å²) in [7, 11) is 0. The Kier molecular flexibility index (Phi) is 4.76. The first-order chi connectivity index (χ1) is 9.60. The van der Waals surface area contributed by atoms with E-state index in [1.807, 2.05) is 12.1 Å². The number of nitrogens with zero attached hydrogens (tertiary/aromatic N) is 1. The molecule has 2 N–H and O–H groups in total. The summed E-state index contributed by atoms with van der Waals surface area (Å²) in [6.45, 7) is 2.03. The maximum Gasteiger partial charge on any atom is 0.323 e. The second kappa shape index (κ2) is 6.54. The smallest absolute Gasteiger partial charge is 0.323 e. The van der Waals surface area contributed by atoms with Crippen molar-refractivity contribution in [2.75, 3.05) is 6.61 Å². The van der Waals surface area contributed by atoms with Gasteiger partial charge in [-0.15, -0.1) is 0 Å². The van der Waals surface area contributed by atoms with E-state index in [-0.39, 0.29) is 6.42 Å². The van der Waals surface area contributed by atoms with Crippen LogP contribution in [-0.2, 0) is 16.0 Å². The van der Waals surface area contributed by atoms with Gasteiger partial charge in [-0.1, -0.05) is 11.6 Å². The van der Waals surface area contributed by atoms with Crippen LogP contribution in [-0.4, -0.2) is 23.6 Å². The number of ether oxygens (including phenoxy) is 1. The SMILES string of the molecule is CCOC(=O)C(N)Cc1ncc(-c2ccc(Cl)cc2)o1. The molecule has 0 amide bonds. The third-order valence-corrected chi connectivity index (χ3v) is 2.92. The Morgan fingerprint density at radius 2 is 2.15 bits per heavy atom. The number of hydrogen-bond acceptors (Lipinski definition) is 5. The molecule has 0 radical (unpaired) electrons. The third kappa shape index (κ3) is 3.59. The van der Waals surface area contributed by atoms with Gasteiger partial charge in [-0.3, -0.25) is 4.79 Å². The first-order valence-electron chi connectivity index (χ1n) is 6.23. The van der Waals surface area contributed by atoms with Crippen molar-refractivity contribution in [1.29, 1.82) is 0 Å². The lowest BCUT2D eigenvalue weighted by atomic mass is 10.2. The van der Waals surface area contributed by atoms with Gasteiger partial charge in [0.1, 0.15) is 6.04 Å². The number of nitrogens with two attached hydrogens (primary N) is 1. The maximum atomic E-state index is 11.4. The highest BCUT2D eigenvalue weighted by Gasteiger charge is 2.18. The molecule has 0 saturated carbocycles. The van der Waals surface area contributed by atoms with Gasteiger partial charge in [0.2, 0.25) is 0 Å². The number of aromatic nitrogens is 1. The molecule has 1 heterocycles. The topological polar surface area (TPSA) is 78.4 Å². The Labute approximate surface area is 121 Å². The van der Waals surface area contributed by atoms with E-state index in [9.17, 15) is 4.79 Å². The van der Waals surface area contributed by atoms with Crippen LogP contribution in [0, 0.1) is 0 Å². The summed E-state index contributed by atoms with van der Waals surface area (Å²) < 4.78 is 10.4. The van der Waals surface area contributed by atoms with Crippen LogP contribution < -0.4 is 5.73 Å². The molecule has 6 heteroatoms. The summed E-state index contributed by atoms with van der Waals surface area (Å²) in [5, 5.41) is 0.651. The van der Waals surface area contributed by atoms with Crippen molar-refractivity contribution in [2.24, 2.45) is 5.73 Å². The van der Waals surface area contributed by atoms with Gasteiger partial charge in [0.05, 0.1) is 19.2 Å². The Hall–Kier alpha value is -1.85. The standard InChI is InChI=1S/C14H15ClN2O3/c1-2-19-14(18)11(16)7-13-17-8-12(20-13)9-3-5-10(15)6-4-9/h3-6,8,11H,2,7,16H2,1H3. The molecule has 1 atom stereocenters. The molecule has 1 unspecified atom stereocenters. The molecular weight excluding hydrogens is 280 g/mol. The van der Waals surface area contributed by atoms with E-state index in [0.717, 1.165) is 5.56 Å². The minimum absolute atomic E-state index is 0.201. The second-order valence-electron chi connectivity index (χ2n) is 4.19. The zero-order chi connectivity index (χ0) is 14.5. The molecule has 2 rings (SSSR count). The minimum Gasteiger partial charge on any atom is -0.465 e. The van der Waals surface area contributed by atoms with Gasteiger partial charge in [-0.25, -0.2) is 4.98 Å². The fourth-order valence-electron chi connectivity index (χ4n) is 1.67. The number of oxazole rings is 1. The molecule has 0 aliphatic carbocycles. The lowest BCUT2D eigenvalue weighted by Crippen LogP contribution is -2.34. The van der Waals surface area contributed by atoms with Crippen molar-refractivity contribution in [3.63, 3.8) is 0 Å². The highest BCUT2D eigenvalue weighted by molar-refractivity contribution is 6.30. The van der Waals surface area contributed by atoms with Crippen molar-refractivity contribution in [3.05, 3.63) is 41.4 Å². The Morgan fingerprint density at radius 1 is 1.45 bits per heavy atom. The van der Waals surface area contributed by atoms with Gasteiger partial charge < -0.3 is 14.9 Å². The molecule has 0 bridgehead atoms. The summed E-state index contributed by atoms with van der Waals surface area (Å²) in [6.07, 6.45) is 1.79. The lowest BCUT2D eigenvalue weighted by Gasteiger charge is -2.07. The summed E-state index contributed by atoms with van der Waals surface area (Å²) in [5.41, 5.74) is 6.57. The van der Waals surface area contributed by atoms with Crippen LogP contribution in [0.25, 0.3) is 11.3 Å². The van der Waals surface area contributed by atoms with Crippen molar-refractivity contribution in [1.82, 2.24) is 4.98 Å². The van der Waals surface area contributed by atoms with Crippen molar-refractivity contribution < 1.29 is 13.9 Å². The Balaban J connectivity index is 2.05. The van der Waals surface area contributed by atoms with Gasteiger partial charge in [-0.2, -0.15) is 0 Å². The number of esters is 1. The summed E-state index contributed by atoms with van der Waals surface area (Å²) in [4.78, 5) is 15.5. The molecule has 106 valence electrons. The van der Waals surface area contributed by atoms with Crippen LogP contribution >= 0.6 is 11.6 Å². The molecule has 1 aromatic heterocycles. The van der Waals surface area contributed by atoms with E-state index < -0.39 is 12.0 Å². The average molecular weight is 295 g/mol. The molecule has 2 aromatic rings. The normalized spacial score (nSPS) is 12.2. The van der Waals surface area contributed by atoms with E-state index in [1.54, 1.807) is 25.3 Å². The van der Waals surface area contributed by atoms with Crippen LogP contribution in [0.15, 0.2) is 34.9 Å². The largest absolute Gasteiger partial charge is 0.465 e. The van der Waals surface area contributed by atoms with E-state index in [4.69, 9.17) is 26.5 Å². The van der Waals surface area contributed by atoms with E-state index in [1.165, 1.54) is 0 Å². The average Bonchev–Trinajstić information content (AvgIpc) is 2.88. The number of carbonyl (C=O) groups excluding carboxylic acids is 1. The monoisotopic (exact) mass is 294 g/mol. The van der Waals surface area contributed by atoms with Gasteiger partial charge in [0.15, 0.2) is 11.7 Å². The summed E-state index contributed by atoms with van der Waals surface area (Å²) in [6, 6.07) is 6.43. The first kappa shape index (κ1) is 14.6. The number of rotatable bonds is 5. The predicted octanol–water partition coefficient (Wildman–Crippen LogP) is 2.43. The number of benzene rings is 1. The number of hydrogen-bond donors (Lipinski definition) is 1. The van der Waals surface area contributed by atoms with Gasteiger partial charge in [0.25, 0.3) is 0 Å². The van der Waals surface area contributed by atoms with Gasteiger partial charge in [0, 0.05) is 10.6 Å². The van der Waals surface area contributed by atoms with Crippen LogP contribution in [0.4, 0.5) is 0 Å². The van der Waals surface area contributed by atoms with Crippen LogP contribution in [0.2, 0.25) is 5.02 Å². The molecule has 20 heavy (non-hydrogen) atoms. The molecular formula is C14H15ClN2O3. The molecule has 0 aliphatic rings. The van der Waals surface area contributed by atoms with Gasteiger partial charge in [-0.05, 0) is 31.2 Å². The molecule has 5 nitrogen and oxygen atoms in total. The van der Waals surface area contributed by atoms with Crippen LogP contribution in [0.3, 0.4) is 0 Å². The second-order valence-corrected chi connectivity index (χ2v) is 4.62. The molecule has 0 saturated heterocycles. The predicted molar refractivity (Wildman–Crippen MR) is 75.3 cm³/mol. The van der Waals surface area contributed by atoms with Crippen LogP contribution in [0.1, 0.15) is 12.8 Å². The lowest BCUT2D eigenvalue weighted by molar-refractivity contribution is -0.144. The van der Waals surface area contributed by atoms with Crippen LogP contribution in [0.5, 0.6) is 0 Å². The van der Waals surface area contributed by atoms with E-state index >= 15 is 0 Å². The molecule has 0 spiro atoms. The number of carbonyl (C=O) groups is 1. The zero-order valence-electron chi connectivity index (χ0n) is 11.0. The summed E-state index contributed by atoms with van der Waals surface area (Å²) in [5.74, 6) is 0.543. The van der Waals surface area contributed by atoms with Crippen molar-refractivity contribution in [2.45, 2.75) is 19.4 Å². The minimum atomic E-state index is -0.772. The molecule has 1 aromatic carbocycles. The fourth-order valence-corrected chi connectivity index (χ4v) is 1.80. The molecule has 0 aliphatic heterocycles. The third-order valence-electron chi connectivity index (χ3n) is 2.67. The van der Waals surface area contributed by atoms with Gasteiger partial charge >= 0.3 is 5.97 Å². The quantitative estimate of drug-likeness (QED) is 0.857. The molecule has 0 fully saturated rings. The zero-order valence-corrected chi connectivity index (χ0v) is 11.8. The Morgan fingerprint density at radius 3 is 2.80 bits per heavy atom. The number of halogens is 1. The first-order valence-corrected chi connectivity index (χ1v) is 6.60. The van der Waals surface area contributed by atoms with E-state index in [0.29, 0.717) is 23.3 Å². The highest BCUT2D eigenvalue weighted by Crippen LogP contribution is 2.22.